The van der Waals surface area contributed by atoms with E-state index in [-0.39, 0.29) is 5.75 Å². The minimum Gasteiger partial charge on any atom is -0.618 e. The summed E-state index contributed by atoms with van der Waals surface area (Å²) in [5, 5.41) is 21.6. The number of nitrogens with zero attached hydrogens (tertiary/aromatic N) is 1. The van der Waals surface area contributed by atoms with Gasteiger partial charge in [0, 0.05) is 5.56 Å². The summed E-state index contributed by atoms with van der Waals surface area (Å²) in [6.07, 6.45) is 1.45. The third kappa shape index (κ3) is 1.18. The average molecular weight is 175 g/mol. The van der Waals surface area contributed by atoms with Gasteiger partial charge < -0.3 is 10.3 Å². The van der Waals surface area contributed by atoms with Crippen molar-refractivity contribution in [2.45, 2.75) is 6.92 Å². The van der Waals surface area contributed by atoms with Gasteiger partial charge >= 0.3 is 0 Å². The third-order valence-electron chi connectivity index (χ3n) is 1.97. The lowest BCUT2D eigenvalue weighted by Gasteiger charge is -2.03. The van der Waals surface area contributed by atoms with Gasteiger partial charge in [0.1, 0.15) is 0 Å². The quantitative estimate of drug-likeness (QED) is 0.487. The first-order valence-corrected chi connectivity index (χ1v) is 4.00. The molecule has 0 unspecified atom stereocenters. The fourth-order valence-corrected chi connectivity index (χ4v) is 1.44. The number of hydrogen-bond acceptors (Lipinski definition) is 2. The van der Waals surface area contributed by atoms with Crippen molar-refractivity contribution in [1.82, 2.24) is 0 Å². The standard InChI is InChI=1S/C10H9NO2/c1-7-5-8-3-2-4-9(12)10(8)11(13)6-7/h2-6,12H,1H3. The monoisotopic (exact) mass is 175 g/mol. The van der Waals surface area contributed by atoms with Crippen LogP contribution in [0.3, 0.4) is 0 Å². The van der Waals surface area contributed by atoms with Gasteiger partial charge in [0.2, 0.25) is 0 Å². The lowest BCUT2D eigenvalue weighted by atomic mass is 10.1. The molecule has 0 bridgehead atoms. The molecule has 3 nitrogen and oxygen atoms in total. The Kier molecular flexibility index (Phi) is 1.59. The van der Waals surface area contributed by atoms with Crippen LogP contribution in [-0.4, -0.2) is 5.11 Å². The SMILES string of the molecule is Cc1cc2cccc(O)c2[n+]([O-])c1. The second-order valence-electron chi connectivity index (χ2n) is 3.06. The Hall–Kier alpha value is -1.77. The van der Waals surface area contributed by atoms with Crippen LogP contribution in [0.15, 0.2) is 30.5 Å². The van der Waals surface area contributed by atoms with E-state index in [4.69, 9.17) is 0 Å². The van der Waals surface area contributed by atoms with Crippen LogP contribution in [0.2, 0.25) is 0 Å². The average Bonchev–Trinajstić information content (AvgIpc) is 2.02. The van der Waals surface area contributed by atoms with Crippen LogP contribution in [0.1, 0.15) is 5.56 Å². The van der Waals surface area contributed by atoms with E-state index in [0.717, 1.165) is 10.9 Å². The Bertz CT molecular complexity index is 466. The molecule has 1 aromatic carbocycles. The van der Waals surface area contributed by atoms with Gasteiger partial charge in [0.05, 0.1) is 5.39 Å². The molecule has 2 aromatic rings. The third-order valence-corrected chi connectivity index (χ3v) is 1.97. The van der Waals surface area contributed by atoms with Gasteiger partial charge in [-0.15, -0.1) is 0 Å². The van der Waals surface area contributed by atoms with Crippen molar-refractivity contribution >= 4 is 10.9 Å². The van der Waals surface area contributed by atoms with E-state index in [1.807, 2.05) is 13.0 Å². The molecule has 1 heterocycles. The molecule has 2 rings (SSSR count). The van der Waals surface area contributed by atoms with E-state index in [0.29, 0.717) is 10.2 Å². The van der Waals surface area contributed by atoms with E-state index in [1.165, 1.54) is 12.3 Å². The van der Waals surface area contributed by atoms with Crippen LogP contribution < -0.4 is 4.73 Å². The molecule has 0 atom stereocenters. The largest absolute Gasteiger partial charge is 0.618 e. The maximum absolute atomic E-state index is 11.4. The Morgan fingerprint density at radius 3 is 2.92 bits per heavy atom. The topological polar surface area (TPSA) is 47.2 Å². The molecular formula is C10H9NO2. The summed E-state index contributed by atoms with van der Waals surface area (Å²) < 4.78 is 0.694. The predicted molar refractivity (Wildman–Crippen MR) is 49.3 cm³/mol. The van der Waals surface area contributed by atoms with Gasteiger partial charge in [-0.25, -0.2) is 0 Å². The van der Waals surface area contributed by atoms with Crippen molar-refractivity contribution < 1.29 is 9.84 Å². The molecule has 0 spiro atoms. The maximum Gasteiger partial charge on any atom is 0.265 e. The molecule has 3 heteroatoms. The summed E-state index contributed by atoms with van der Waals surface area (Å²) in [5.74, 6) is 0.0208. The normalized spacial score (nSPS) is 10.5. The molecule has 0 fully saturated rings. The zero-order chi connectivity index (χ0) is 9.42. The highest BCUT2D eigenvalue weighted by atomic mass is 16.5. The first-order valence-electron chi connectivity index (χ1n) is 4.00. The van der Waals surface area contributed by atoms with Crippen molar-refractivity contribution in [1.29, 1.82) is 0 Å². The molecule has 0 saturated heterocycles. The number of aryl methyl sites for hydroxylation is 1. The van der Waals surface area contributed by atoms with Gasteiger partial charge in [-0.05, 0) is 25.1 Å². The van der Waals surface area contributed by atoms with Crippen molar-refractivity contribution in [2.24, 2.45) is 0 Å². The molecule has 0 aliphatic carbocycles. The summed E-state index contributed by atoms with van der Waals surface area (Å²) in [6.45, 7) is 1.85. The summed E-state index contributed by atoms with van der Waals surface area (Å²) in [5.41, 5.74) is 1.21. The summed E-state index contributed by atoms with van der Waals surface area (Å²) in [4.78, 5) is 0. The molecule has 0 amide bonds. The Labute approximate surface area is 75.5 Å². The summed E-state index contributed by atoms with van der Waals surface area (Å²) in [6, 6.07) is 6.89. The van der Waals surface area contributed by atoms with Gasteiger partial charge in [0.25, 0.3) is 5.52 Å². The molecule has 1 aromatic heterocycles. The maximum atomic E-state index is 11.4. The first kappa shape index (κ1) is 7.86. The second kappa shape index (κ2) is 2.62. The van der Waals surface area contributed by atoms with Crippen LogP contribution in [0.5, 0.6) is 5.75 Å². The first-order chi connectivity index (χ1) is 6.18. The van der Waals surface area contributed by atoms with Crippen LogP contribution in [0.4, 0.5) is 0 Å². The zero-order valence-electron chi connectivity index (χ0n) is 7.19. The Balaban J connectivity index is 2.94. The van der Waals surface area contributed by atoms with E-state index in [1.54, 1.807) is 12.1 Å². The van der Waals surface area contributed by atoms with Crippen molar-refractivity contribution in [3.05, 3.63) is 41.2 Å². The summed E-state index contributed by atoms with van der Waals surface area (Å²) in [7, 11) is 0. The number of pyridine rings is 1. The van der Waals surface area contributed by atoms with E-state index in [9.17, 15) is 10.3 Å². The van der Waals surface area contributed by atoms with Crippen LogP contribution >= 0.6 is 0 Å². The Morgan fingerprint density at radius 2 is 2.15 bits per heavy atom. The number of hydrogen-bond donors (Lipinski definition) is 1. The highest BCUT2D eigenvalue weighted by molar-refractivity contribution is 5.81. The smallest absolute Gasteiger partial charge is 0.265 e. The molecule has 66 valence electrons. The fraction of sp³-hybridized carbons (Fsp3) is 0.100. The van der Waals surface area contributed by atoms with E-state index >= 15 is 0 Å². The molecule has 0 aliphatic heterocycles. The molecule has 0 radical (unpaired) electrons. The molecular weight excluding hydrogens is 166 g/mol. The predicted octanol–water partition coefficient (Wildman–Crippen LogP) is 1.49. The number of aromatic hydroxyl groups is 1. The minimum atomic E-state index is 0.0208. The molecule has 1 N–H and O–H groups in total. The van der Waals surface area contributed by atoms with E-state index < -0.39 is 0 Å². The van der Waals surface area contributed by atoms with Gasteiger partial charge in [0.15, 0.2) is 11.9 Å². The second-order valence-corrected chi connectivity index (χ2v) is 3.06. The number of rotatable bonds is 0. The minimum absolute atomic E-state index is 0.0208. The number of benzene rings is 1. The zero-order valence-corrected chi connectivity index (χ0v) is 7.19. The van der Waals surface area contributed by atoms with Crippen LogP contribution in [0, 0.1) is 12.1 Å². The number of phenols is 1. The number of fused-ring (bicyclic) bond motifs is 1. The van der Waals surface area contributed by atoms with Crippen LogP contribution in [0.25, 0.3) is 10.9 Å². The lowest BCUT2D eigenvalue weighted by molar-refractivity contribution is -0.577. The number of aromatic nitrogens is 1. The number of para-hydroxylation sites is 1. The summed E-state index contributed by atoms with van der Waals surface area (Å²) >= 11 is 0. The lowest BCUT2D eigenvalue weighted by Crippen LogP contribution is -2.26. The van der Waals surface area contributed by atoms with Gasteiger partial charge in [-0.2, -0.15) is 4.73 Å². The van der Waals surface area contributed by atoms with Crippen molar-refractivity contribution in [2.75, 3.05) is 0 Å². The highest BCUT2D eigenvalue weighted by Crippen LogP contribution is 2.20. The molecule has 0 aliphatic rings. The van der Waals surface area contributed by atoms with E-state index in [2.05, 4.69) is 0 Å². The van der Waals surface area contributed by atoms with Crippen LogP contribution in [-0.2, 0) is 0 Å². The molecule has 0 saturated carbocycles. The molecule has 13 heavy (non-hydrogen) atoms. The highest BCUT2D eigenvalue weighted by Gasteiger charge is 2.08. The fourth-order valence-electron chi connectivity index (χ4n) is 1.44. The van der Waals surface area contributed by atoms with Gasteiger partial charge in [-0.3, -0.25) is 0 Å². The Morgan fingerprint density at radius 1 is 1.38 bits per heavy atom. The van der Waals surface area contributed by atoms with Gasteiger partial charge in [-0.1, -0.05) is 6.07 Å². The van der Waals surface area contributed by atoms with Crippen molar-refractivity contribution in [3.63, 3.8) is 0 Å². The number of phenolic OH excluding ortho intramolecular Hbond substituents is 1. The van der Waals surface area contributed by atoms with Crippen molar-refractivity contribution in [3.8, 4) is 5.75 Å².